The van der Waals surface area contributed by atoms with E-state index in [2.05, 4.69) is 10.3 Å². The number of nitrogens with zero attached hydrogens (tertiary/aromatic N) is 4. The lowest BCUT2D eigenvalue weighted by Gasteiger charge is -2.22. The number of hydrogen-bond donors (Lipinski definition) is 1. The fourth-order valence-electron chi connectivity index (χ4n) is 2.90. The fraction of sp³-hybridized carbons (Fsp3) is 0.240. The van der Waals surface area contributed by atoms with Crippen LogP contribution >= 0.6 is 11.6 Å². The van der Waals surface area contributed by atoms with E-state index >= 15 is 0 Å². The Labute approximate surface area is 204 Å². The molecule has 0 saturated carbocycles. The summed E-state index contributed by atoms with van der Waals surface area (Å²) in [4.78, 5) is 31.9. The summed E-state index contributed by atoms with van der Waals surface area (Å²) >= 11 is 5.98. The van der Waals surface area contributed by atoms with E-state index in [1.54, 1.807) is 43.6 Å². The van der Waals surface area contributed by atoms with Gasteiger partial charge in [-0.05, 0) is 61.6 Å². The van der Waals surface area contributed by atoms with Crippen molar-refractivity contribution in [2.75, 3.05) is 25.6 Å². The zero-order chi connectivity index (χ0) is 24.5. The maximum absolute atomic E-state index is 11.9. The van der Waals surface area contributed by atoms with Crippen LogP contribution in [0.5, 0.6) is 11.5 Å². The van der Waals surface area contributed by atoms with Crippen molar-refractivity contribution < 1.29 is 9.53 Å². The van der Waals surface area contributed by atoms with E-state index in [0.29, 0.717) is 35.7 Å². The Morgan fingerprint density at radius 1 is 1.12 bits per heavy atom. The Morgan fingerprint density at radius 3 is 2.44 bits per heavy atom. The largest absolute Gasteiger partial charge is 0.457 e. The molecule has 3 rings (SSSR count). The van der Waals surface area contributed by atoms with Crippen LogP contribution in [-0.4, -0.2) is 47.0 Å². The predicted octanol–water partition coefficient (Wildman–Crippen LogP) is 4.17. The van der Waals surface area contributed by atoms with Gasteiger partial charge in [0.25, 0.3) is 5.56 Å². The number of aryl methyl sites for hydroxylation is 1. The maximum atomic E-state index is 11.9. The highest BCUT2D eigenvalue weighted by molar-refractivity contribution is 6.30. The van der Waals surface area contributed by atoms with Gasteiger partial charge in [-0.25, -0.2) is 4.99 Å². The minimum absolute atomic E-state index is 0.150. The number of pyridine rings is 1. The van der Waals surface area contributed by atoms with Crippen LogP contribution in [0.15, 0.2) is 76.6 Å². The lowest BCUT2D eigenvalue weighted by Crippen LogP contribution is -2.36. The molecule has 0 saturated heterocycles. The van der Waals surface area contributed by atoms with Crippen LogP contribution in [0.1, 0.15) is 12.5 Å². The van der Waals surface area contributed by atoms with Gasteiger partial charge in [-0.1, -0.05) is 30.7 Å². The predicted molar refractivity (Wildman–Crippen MR) is 135 cm³/mol. The van der Waals surface area contributed by atoms with Gasteiger partial charge in [0.05, 0.1) is 13.2 Å². The number of hydrogen-bond acceptors (Lipinski definition) is 5. The van der Waals surface area contributed by atoms with E-state index in [1.165, 1.54) is 15.5 Å². The molecular formula is C25H28ClN5O3. The molecule has 0 bridgehead atoms. The summed E-state index contributed by atoms with van der Waals surface area (Å²) in [5, 5.41) is 3.87. The van der Waals surface area contributed by atoms with E-state index in [4.69, 9.17) is 16.3 Å². The Kier molecular flexibility index (Phi) is 8.84. The Hall–Kier alpha value is -3.62. The van der Waals surface area contributed by atoms with Gasteiger partial charge in [-0.2, -0.15) is 0 Å². The molecule has 0 fully saturated rings. The number of carbonyl (C=O) groups excluding carboxylic acids is 1. The van der Waals surface area contributed by atoms with Crippen molar-refractivity contribution in [1.29, 1.82) is 0 Å². The van der Waals surface area contributed by atoms with E-state index in [-0.39, 0.29) is 5.56 Å². The molecule has 8 nitrogen and oxygen atoms in total. The van der Waals surface area contributed by atoms with Crippen LogP contribution in [-0.2, 0) is 18.4 Å². The topological polar surface area (TPSA) is 79.2 Å². The van der Waals surface area contributed by atoms with Crippen LogP contribution in [0.2, 0.25) is 5.02 Å². The number of rotatable bonds is 9. The number of halogens is 1. The van der Waals surface area contributed by atoms with Crippen molar-refractivity contribution in [3.05, 3.63) is 87.8 Å². The SMILES string of the molecule is CCN(C)C/N=C(/Nc1ccc(Oc2ccn(C)c(=O)c2)cc1)N(C=O)Cc1ccc(Cl)cc1. The van der Waals surface area contributed by atoms with Crippen molar-refractivity contribution in [1.82, 2.24) is 14.4 Å². The number of carbonyl (C=O) groups is 1. The summed E-state index contributed by atoms with van der Waals surface area (Å²) in [5.74, 6) is 1.46. The van der Waals surface area contributed by atoms with Crippen molar-refractivity contribution >= 4 is 29.7 Å². The smallest absolute Gasteiger partial charge is 0.253 e. The van der Waals surface area contributed by atoms with Gasteiger partial charge in [0.15, 0.2) is 0 Å². The quantitative estimate of drug-likeness (QED) is 0.282. The second-order valence-corrected chi connectivity index (χ2v) is 8.15. The second-order valence-electron chi connectivity index (χ2n) is 7.72. The Bertz CT molecular complexity index is 1180. The third kappa shape index (κ3) is 7.19. The zero-order valence-electron chi connectivity index (χ0n) is 19.4. The minimum Gasteiger partial charge on any atom is -0.457 e. The number of benzene rings is 2. The van der Waals surface area contributed by atoms with Crippen molar-refractivity contribution in [2.45, 2.75) is 13.5 Å². The van der Waals surface area contributed by atoms with Gasteiger partial charge in [0.1, 0.15) is 11.5 Å². The van der Waals surface area contributed by atoms with Crippen LogP contribution in [0.3, 0.4) is 0 Å². The summed E-state index contributed by atoms with van der Waals surface area (Å²) < 4.78 is 7.24. The zero-order valence-corrected chi connectivity index (χ0v) is 20.2. The first-order chi connectivity index (χ1) is 16.4. The number of nitrogens with one attached hydrogen (secondary N) is 1. The molecule has 1 amide bonds. The molecule has 3 aromatic rings. The van der Waals surface area contributed by atoms with Crippen LogP contribution < -0.4 is 15.6 Å². The third-order valence-corrected chi connectivity index (χ3v) is 5.34. The first-order valence-corrected chi connectivity index (χ1v) is 11.2. The van der Waals surface area contributed by atoms with Crippen LogP contribution in [0.25, 0.3) is 0 Å². The average Bonchev–Trinajstić information content (AvgIpc) is 2.84. The lowest BCUT2D eigenvalue weighted by atomic mass is 10.2. The third-order valence-electron chi connectivity index (χ3n) is 5.09. The van der Waals surface area contributed by atoms with Crippen molar-refractivity contribution in [3.63, 3.8) is 0 Å². The molecule has 9 heteroatoms. The van der Waals surface area contributed by atoms with Crippen LogP contribution in [0, 0.1) is 0 Å². The van der Waals surface area contributed by atoms with E-state index in [9.17, 15) is 9.59 Å². The molecule has 0 aliphatic rings. The summed E-state index contributed by atoms with van der Waals surface area (Å²) in [6, 6.07) is 17.7. The number of amides is 1. The minimum atomic E-state index is -0.150. The highest BCUT2D eigenvalue weighted by atomic mass is 35.5. The first kappa shape index (κ1) is 25.0. The molecule has 0 spiro atoms. The lowest BCUT2D eigenvalue weighted by molar-refractivity contribution is -0.115. The summed E-state index contributed by atoms with van der Waals surface area (Å²) in [6.07, 6.45) is 2.40. The normalized spacial score (nSPS) is 11.4. The molecule has 1 N–H and O–H groups in total. The Balaban J connectivity index is 1.76. The van der Waals surface area contributed by atoms with Gasteiger partial charge >= 0.3 is 0 Å². The average molecular weight is 482 g/mol. The number of aromatic nitrogens is 1. The van der Waals surface area contributed by atoms with Gasteiger partial charge in [-0.3, -0.25) is 19.4 Å². The van der Waals surface area contributed by atoms with Crippen molar-refractivity contribution in [3.8, 4) is 11.5 Å². The fourth-order valence-corrected chi connectivity index (χ4v) is 3.03. The monoisotopic (exact) mass is 481 g/mol. The van der Waals surface area contributed by atoms with E-state index in [0.717, 1.165) is 24.2 Å². The van der Waals surface area contributed by atoms with Gasteiger partial charge in [0.2, 0.25) is 12.4 Å². The molecule has 2 aromatic carbocycles. The molecule has 0 unspecified atom stereocenters. The summed E-state index contributed by atoms with van der Waals surface area (Å²) in [6.45, 7) is 3.62. The summed E-state index contributed by atoms with van der Waals surface area (Å²) in [7, 11) is 3.63. The molecule has 0 aliphatic heterocycles. The molecule has 0 radical (unpaired) electrons. The first-order valence-electron chi connectivity index (χ1n) is 10.8. The highest BCUT2D eigenvalue weighted by Crippen LogP contribution is 2.22. The maximum Gasteiger partial charge on any atom is 0.253 e. The van der Waals surface area contributed by atoms with Gasteiger partial charge in [-0.15, -0.1) is 0 Å². The van der Waals surface area contributed by atoms with Crippen LogP contribution in [0.4, 0.5) is 5.69 Å². The molecule has 178 valence electrons. The number of ether oxygens (including phenoxy) is 1. The number of guanidine groups is 1. The molecule has 1 aromatic heterocycles. The number of aliphatic imine (C=N–C) groups is 1. The standard InChI is InChI=1S/C25H28ClN5O3/c1-4-29(2)17-27-25(31(18-32)16-19-5-7-20(26)8-6-19)28-21-9-11-22(12-10-21)34-23-13-14-30(3)24(33)15-23/h5-15,18H,4,16-17H2,1-3H3,(H,27,28). The molecule has 1 heterocycles. The second kappa shape index (κ2) is 12.0. The molecule has 0 aliphatic carbocycles. The molecule has 0 atom stereocenters. The number of anilines is 1. The van der Waals surface area contributed by atoms with E-state index in [1.807, 2.05) is 43.1 Å². The Morgan fingerprint density at radius 2 is 1.82 bits per heavy atom. The van der Waals surface area contributed by atoms with Gasteiger partial charge < -0.3 is 14.6 Å². The van der Waals surface area contributed by atoms with Crippen molar-refractivity contribution in [2.24, 2.45) is 12.0 Å². The highest BCUT2D eigenvalue weighted by Gasteiger charge is 2.13. The van der Waals surface area contributed by atoms with E-state index < -0.39 is 0 Å². The summed E-state index contributed by atoms with van der Waals surface area (Å²) in [5.41, 5.74) is 1.51. The molecular weight excluding hydrogens is 454 g/mol. The van der Waals surface area contributed by atoms with Gasteiger partial charge in [0, 0.05) is 30.0 Å². The molecule has 34 heavy (non-hydrogen) atoms.